The lowest BCUT2D eigenvalue weighted by Gasteiger charge is -2.26. The molecule has 0 aromatic heterocycles. The molecule has 1 aromatic rings. The number of amides is 1. The van der Waals surface area contributed by atoms with E-state index in [0.717, 1.165) is 19.6 Å². The van der Waals surface area contributed by atoms with Crippen molar-refractivity contribution in [2.24, 2.45) is 0 Å². The lowest BCUT2D eigenvalue weighted by molar-refractivity contribution is -0.124. The van der Waals surface area contributed by atoms with Crippen LogP contribution in [0.4, 0.5) is 0 Å². The molecule has 1 heterocycles. The van der Waals surface area contributed by atoms with E-state index in [9.17, 15) is 4.79 Å². The zero-order valence-corrected chi connectivity index (χ0v) is 9.30. The molecule has 1 N–H and O–H groups in total. The molecule has 1 aliphatic heterocycles. The third kappa shape index (κ3) is 3.53. The van der Waals surface area contributed by atoms with Crippen LogP contribution in [0.2, 0.25) is 0 Å². The van der Waals surface area contributed by atoms with Crippen LogP contribution >= 0.6 is 12.4 Å². The number of benzene rings is 1. The quantitative estimate of drug-likeness (QED) is 0.818. The zero-order valence-electron chi connectivity index (χ0n) is 8.48. The van der Waals surface area contributed by atoms with Gasteiger partial charge >= 0.3 is 0 Å². The number of piperazine rings is 1. The molecule has 1 amide bonds. The molecule has 3 nitrogen and oxygen atoms in total. The van der Waals surface area contributed by atoms with Crippen molar-refractivity contribution in [1.29, 1.82) is 0 Å². The van der Waals surface area contributed by atoms with Gasteiger partial charge in [0.05, 0.1) is 6.54 Å². The number of hydrogen-bond donors (Lipinski definition) is 1. The molecule has 0 atom stereocenters. The molecule has 1 aliphatic rings. The van der Waals surface area contributed by atoms with Crippen LogP contribution in [0.15, 0.2) is 30.3 Å². The summed E-state index contributed by atoms with van der Waals surface area (Å²) in [6.45, 7) is 3.11. The first-order valence-electron chi connectivity index (χ1n) is 4.87. The Kier molecular flexibility index (Phi) is 4.59. The summed E-state index contributed by atoms with van der Waals surface area (Å²) in [7, 11) is 0. The second-order valence-corrected chi connectivity index (χ2v) is 3.55. The maximum atomic E-state index is 11.1. The Bertz CT molecular complexity index is 316. The van der Waals surface area contributed by atoms with Gasteiger partial charge in [-0.15, -0.1) is 12.4 Å². The summed E-state index contributed by atoms with van der Waals surface area (Å²) in [5.41, 5.74) is 1.27. The summed E-state index contributed by atoms with van der Waals surface area (Å²) < 4.78 is 0. The minimum atomic E-state index is 0. The summed E-state index contributed by atoms with van der Waals surface area (Å²) in [6, 6.07) is 10.2. The largest absolute Gasteiger partial charge is 0.354 e. The van der Waals surface area contributed by atoms with Crippen molar-refractivity contribution < 1.29 is 4.79 Å². The fraction of sp³-hybridized carbons (Fsp3) is 0.364. The first-order chi connectivity index (χ1) is 6.84. The minimum Gasteiger partial charge on any atom is -0.354 e. The second-order valence-electron chi connectivity index (χ2n) is 3.55. The van der Waals surface area contributed by atoms with Crippen molar-refractivity contribution in [2.45, 2.75) is 6.54 Å². The molecule has 15 heavy (non-hydrogen) atoms. The number of halogens is 1. The molecular formula is C11H15ClN2O. The summed E-state index contributed by atoms with van der Waals surface area (Å²) in [5, 5.41) is 2.82. The lowest BCUT2D eigenvalue weighted by Crippen LogP contribution is -2.47. The number of nitrogens with zero attached hydrogens (tertiary/aromatic N) is 1. The third-order valence-electron chi connectivity index (χ3n) is 2.37. The van der Waals surface area contributed by atoms with Crippen molar-refractivity contribution in [2.75, 3.05) is 19.6 Å². The van der Waals surface area contributed by atoms with Crippen LogP contribution in [-0.2, 0) is 11.3 Å². The van der Waals surface area contributed by atoms with Crippen LogP contribution in [0, 0.1) is 0 Å². The highest BCUT2D eigenvalue weighted by molar-refractivity contribution is 5.85. The van der Waals surface area contributed by atoms with E-state index in [1.807, 2.05) is 18.2 Å². The van der Waals surface area contributed by atoms with Gasteiger partial charge in [-0.3, -0.25) is 9.69 Å². The number of nitrogens with one attached hydrogen (secondary N) is 1. The maximum absolute atomic E-state index is 11.1. The van der Waals surface area contributed by atoms with Crippen LogP contribution in [0.3, 0.4) is 0 Å². The molecule has 0 unspecified atom stereocenters. The van der Waals surface area contributed by atoms with E-state index in [0.29, 0.717) is 6.54 Å². The molecule has 0 bridgehead atoms. The molecule has 1 aromatic carbocycles. The van der Waals surface area contributed by atoms with Gasteiger partial charge in [0.15, 0.2) is 0 Å². The molecule has 1 saturated heterocycles. The van der Waals surface area contributed by atoms with E-state index >= 15 is 0 Å². The van der Waals surface area contributed by atoms with Crippen LogP contribution in [-0.4, -0.2) is 30.4 Å². The van der Waals surface area contributed by atoms with E-state index in [4.69, 9.17) is 0 Å². The topological polar surface area (TPSA) is 32.3 Å². The van der Waals surface area contributed by atoms with Crippen molar-refractivity contribution in [3.05, 3.63) is 35.9 Å². The molecule has 0 aliphatic carbocycles. The van der Waals surface area contributed by atoms with Gasteiger partial charge in [0.25, 0.3) is 0 Å². The highest BCUT2D eigenvalue weighted by Gasteiger charge is 2.15. The Balaban J connectivity index is 0.00000112. The monoisotopic (exact) mass is 226 g/mol. The SMILES string of the molecule is Cl.O=C1CN(Cc2ccccc2)CCN1. The molecule has 2 rings (SSSR count). The predicted octanol–water partition coefficient (Wildman–Crippen LogP) is 1.04. The fourth-order valence-corrected chi connectivity index (χ4v) is 1.67. The standard InChI is InChI=1S/C11H14N2O.ClH/c14-11-9-13(7-6-12-11)8-10-4-2-1-3-5-10;/h1-5H,6-9H2,(H,12,14);1H. The fourth-order valence-electron chi connectivity index (χ4n) is 1.67. The number of rotatable bonds is 2. The Morgan fingerprint density at radius 3 is 2.67 bits per heavy atom. The number of hydrogen-bond acceptors (Lipinski definition) is 2. The summed E-state index contributed by atoms with van der Waals surface area (Å²) in [5.74, 6) is 0.132. The van der Waals surface area contributed by atoms with Gasteiger partial charge in [-0.1, -0.05) is 30.3 Å². The number of carbonyl (C=O) groups excluding carboxylic acids is 1. The van der Waals surface area contributed by atoms with Gasteiger partial charge < -0.3 is 5.32 Å². The highest BCUT2D eigenvalue weighted by atomic mass is 35.5. The molecule has 0 spiro atoms. The molecular weight excluding hydrogens is 212 g/mol. The Morgan fingerprint density at radius 1 is 1.27 bits per heavy atom. The average Bonchev–Trinajstić information content (AvgIpc) is 2.19. The van der Waals surface area contributed by atoms with Crippen LogP contribution in [0.5, 0.6) is 0 Å². The van der Waals surface area contributed by atoms with E-state index < -0.39 is 0 Å². The van der Waals surface area contributed by atoms with Gasteiger partial charge in [0, 0.05) is 19.6 Å². The molecule has 4 heteroatoms. The van der Waals surface area contributed by atoms with Gasteiger partial charge in [-0.2, -0.15) is 0 Å². The molecule has 1 fully saturated rings. The third-order valence-corrected chi connectivity index (χ3v) is 2.37. The van der Waals surface area contributed by atoms with Crippen molar-refractivity contribution in [3.8, 4) is 0 Å². The Labute approximate surface area is 95.9 Å². The summed E-state index contributed by atoms with van der Waals surface area (Å²) in [6.07, 6.45) is 0. The summed E-state index contributed by atoms with van der Waals surface area (Å²) in [4.78, 5) is 13.3. The van der Waals surface area contributed by atoms with Gasteiger partial charge in [0.1, 0.15) is 0 Å². The molecule has 0 saturated carbocycles. The normalized spacial score (nSPS) is 16.7. The summed E-state index contributed by atoms with van der Waals surface area (Å²) >= 11 is 0. The number of carbonyl (C=O) groups is 1. The first-order valence-corrected chi connectivity index (χ1v) is 4.87. The molecule has 82 valence electrons. The Hall–Kier alpha value is -1.06. The lowest BCUT2D eigenvalue weighted by atomic mass is 10.2. The van der Waals surface area contributed by atoms with Crippen LogP contribution < -0.4 is 5.32 Å². The highest BCUT2D eigenvalue weighted by Crippen LogP contribution is 2.04. The van der Waals surface area contributed by atoms with Crippen LogP contribution in [0.25, 0.3) is 0 Å². The zero-order chi connectivity index (χ0) is 9.80. The minimum absolute atomic E-state index is 0. The van der Waals surface area contributed by atoms with E-state index in [1.165, 1.54) is 5.56 Å². The van der Waals surface area contributed by atoms with Crippen molar-refractivity contribution in [3.63, 3.8) is 0 Å². The van der Waals surface area contributed by atoms with Gasteiger partial charge in [0.2, 0.25) is 5.91 Å². The van der Waals surface area contributed by atoms with Gasteiger partial charge in [-0.25, -0.2) is 0 Å². The Morgan fingerprint density at radius 2 is 2.00 bits per heavy atom. The molecule has 0 radical (unpaired) electrons. The van der Waals surface area contributed by atoms with E-state index in [1.54, 1.807) is 0 Å². The van der Waals surface area contributed by atoms with E-state index in [2.05, 4.69) is 22.3 Å². The average molecular weight is 227 g/mol. The van der Waals surface area contributed by atoms with E-state index in [-0.39, 0.29) is 18.3 Å². The maximum Gasteiger partial charge on any atom is 0.234 e. The van der Waals surface area contributed by atoms with Crippen molar-refractivity contribution in [1.82, 2.24) is 10.2 Å². The second kappa shape index (κ2) is 5.73. The smallest absolute Gasteiger partial charge is 0.234 e. The van der Waals surface area contributed by atoms with Crippen LogP contribution in [0.1, 0.15) is 5.56 Å². The first kappa shape index (κ1) is 12.0. The van der Waals surface area contributed by atoms with Crippen molar-refractivity contribution >= 4 is 18.3 Å². The predicted molar refractivity (Wildman–Crippen MR) is 62.0 cm³/mol. The van der Waals surface area contributed by atoms with Gasteiger partial charge in [-0.05, 0) is 5.56 Å².